The number of rotatable bonds is 3. The Labute approximate surface area is 116 Å². The van der Waals surface area contributed by atoms with E-state index >= 15 is 0 Å². The first-order valence-corrected chi connectivity index (χ1v) is 7.68. The Kier molecular flexibility index (Phi) is 3.97. The number of hydrogen-bond donors (Lipinski definition) is 1. The highest BCUT2D eigenvalue weighted by molar-refractivity contribution is 7.98. The van der Waals surface area contributed by atoms with E-state index in [4.69, 9.17) is 0 Å². The minimum atomic E-state index is 0.131. The van der Waals surface area contributed by atoms with Gasteiger partial charge >= 0.3 is 0 Å². The van der Waals surface area contributed by atoms with E-state index in [-0.39, 0.29) is 5.41 Å². The van der Waals surface area contributed by atoms with E-state index < -0.39 is 0 Å². The quantitative estimate of drug-likeness (QED) is 0.843. The lowest BCUT2D eigenvalue weighted by atomic mass is 9.98. The standard InChI is InChI=1S/C14H17NOS2/c1-14(2,3)13-15-10(9-18-13)8-17-12-6-4-11(16)5-7-12/h4-7,9,16H,8H2,1-3H3. The molecule has 0 amide bonds. The third-order valence-electron chi connectivity index (χ3n) is 2.42. The highest BCUT2D eigenvalue weighted by Crippen LogP contribution is 2.29. The molecule has 0 radical (unpaired) electrons. The van der Waals surface area contributed by atoms with Crippen LogP contribution in [0.25, 0.3) is 0 Å². The Morgan fingerprint density at radius 3 is 2.44 bits per heavy atom. The molecular formula is C14H17NOS2. The van der Waals surface area contributed by atoms with Crippen molar-refractivity contribution in [1.82, 2.24) is 4.98 Å². The summed E-state index contributed by atoms with van der Waals surface area (Å²) in [4.78, 5) is 5.81. The molecule has 18 heavy (non-hydrogen) atoms. The van der Waals surface area contributed by atoms with Crippen molar-refractivity contribution < 1.29 is 5.11 Å². The van der Waals surface area contributed by atoms with E-state index in [1.165, 1.54) is 5.01 Å². The molecule has 2 aromatic rings. The molecule has 0 saturated heterocycles. The maximum absolute atomic E-state index is 9.21. The number of benzene rings is 1. The summed E-state index contributed by atoms with van der Waals surface area (Å²) in [5, 5.41) is 12.5. The lowest BCUT2D eigenvalue weighted by molar-refractivity contribution is 0.475. The molecule has 2 rings (SSSR count). The van der Waals surface area contributed by atoms with Crippen molar-refractivity contribution >= 4 is 23.1 Å². The normalized spacial score (nSPS) is 11.7. The summed E-state index contributed by atoms with van der Waals surface area (Å²) in [5.41, 5.74) is 1.26. The van der Waals surface area contributed by atoms with Gasteiger partial charge in [-0.3, -0.25) is 0 Å². The summed E-state index contributed by atoms with van der Waals surface area (Å²) in [5.74, 6) is 1.18. The molecule has 0 aliphatic heterocycles. The average molecular weight is 279 g/mol. The number of thiazole rings is 1. The van der Waals surface area contributed by atoms with Gasteiger partial charge in [0.1, 0.15) is 5.75 Å². The zero-order chi connectivity index (χ0) is 13.2. The topological polar surface area (TPSA) is 33.1 Å². The largest absolute Gasteiger partial charge is 0.508 e. The molecule has 1 aromatic heterocycles. The van der Waals surface area contributed by atoms with Crippen molar-refractivity contribution in [2.45, 2.75) is 36.8 Å². The van der Waals surface area contributed by atoms with E-state index in [0.717, 1.165) is 16.3 Å². The molecular weight excluding hydrogens is 262 g/mol. The van der Waals surface area contributed by atoms with Crippen LogP contribution in [0.2, 0.25) is 0 Å². The second kappa shape index (κ2) is 5.33. The summed E-state index contributed by atoms with van der Waals surface area (Å²) in [6.07, 6.45) is 0. The molecule has 0 bridgehead atoms. The Balaban J connectivity index is 1.98. The molecule has 0 spiro atoms. The van der Waals surface area contributed by atoms with Gasteiger partial charge in [0.15, 0.2) is 0 Å². The van der Waals surface area contributed by atoms with Crippen molar-refractivity contribution in [3.63, 3.8) is 0 Å². The predicted octanol–water partition coefficient (Wildman–Crippen LogP) is 4.44. The van der Waals surface area contributed by atoms with Crippen LogP contribution in [-0.2, 0) is 11.2 Å². The second-order valence-corrected chi connectivity index (χ2v) is 7.08. The summed E-state index contributed by atoms with van der Waals surface area (Å²) in [6.45, 7) is 6.55. The molecule has 0 fully saturated rings. The van der Waals surface area contributed by atoms with E-state index in [1.807, 2.05) is 12.1 Å². The fourth-order valence-electron chi connectivity index (χ4n) is 1.42. The first-order valence-electron chi connectivity index (χ1n) is 5.82. The van der Waals surface area contributed by atoms with E-state index in [2.05, 4.69) is 31.1 Å². The van der Waals surface area contributed by atoms with Crippen LogP contribution < -0.4 is 0 Å². The summed E-state index contributed by atoms with van der Waals surface area (Å²) < 4.78 is 0. The predicted molar refractivity (Wildman–Crippen MR) is 78.5 cm³/mol. The van der Waals surface area contributed by atoms with Gasteiger partial charge in [-0.15, -0.1) is 23.1 Å². The third kappa shape index (κ3) is 3.50. The van der Waals surface area contributed by atoms with Crippen LogP contribution in [0.4, 0.5) is 0 Å². The van der Waals surface area contributed by atoms with Crippen molar-refractivity contribution in [3.8, 4) is 5.75 Å². The van der Waals surface area contributed by atoms with Gasteiger partial charge in [0, 0.05) is 21.4 Å². The van der Waals surface area contributed by atoms with Gasteiger partial charge < -0.3 is 5.11 Å². The molecule has 0 atom stereocenters. The molecule has 1 heterocycles. The molecule has 0 unspecified atom stereocenters. The zero-order valence-corrected chi connectivity index (χ0v) is 12.4. The van der Waals surface area contributed by atoms with Crippen LogP contribution in [0.5, 0.6) is 5.75 Å². The van der Waals surface area contributed by atoms with Gasteiger partial charge in [0.05, 0.1) is 10.7 Å². The first-order chi connectivity index (χ1) is 8.45. The summed E-state index contributed by atoms with van der Waals surface area (Å²) in [7, 11) is 0. The fourth-order valence-corrected chi connectivity index (χ4v) is 3.22. The van der Waals surface area contributed by atoms with Gasteiger partial charge in [-0.1, -0.05) is 20.8 Å². The van der Waals surface area contributed by atoms with E-state index in [1.54, 1.807) is 35.2 Å². The number of aromatic nitrogens is 1. The molecule has 1 N–H and O–H groups in total. The van der Waals surface area contributed by atoms with Crippen molar-refractivity contribution in [3.05, 3.63) is 40.3 Å². The minimum absolute atomic E-state index is 0.131. The Morgan fingerprint density at radius 1 is 1.22 bits per heavy atom. The van der Waals surface area contributed by atoms with E-state index in [0.29, 0.717) is 5.75 Å². The van der Waals surface area contributed by atoms with Gasteiger partial charge in [-0.25, -0.2) is 4.98 Å². The minimum Gasteiger partial charge on any atom is -0.508 e. The fraction of sp³-hybridized carbons (Fsp3) is 0.357. The number of aromatic hydroxyl groups is 1. The Bertz CT molecular complexity index is 511. The average Bonchev–Trinajstić information content (AvgIpc) is 2.77. The van der Waals surface area contributed by atoms with Crippen LogP contribution in [0.15, 0.2) is 34.5 Å². The molecule has 1 aromatic carbocycles. The molecule has 0 aliphatic rings. The third-order valence-corrected chi connectivity index (χ3v) is 4.78. The van der Waals surface area contributed by atoms with Gasteiger partial charge in [-0.05, 0) is 24.3 Å². The highest BCUT2D eigenvalue weighted by Gasteiger charge is 2.17. The Morgan fingerprint density at radius 2 is 1.89 bits per heavy atom. The van der Waals surface area contributed by atoms with Gasteiger partial charge in [0.2, 0.25) is 0 Å². The first kappa shape index (κ1) is 13.4. The maximum Gasteiger partial charge on any atom is 0.115 e. The van der Waals surface area contributed by atoms with Gasteiger partial charge in [0.25, 0.3) is 0 Å². The van der Waals surface area contributed by atoms with Crippen LogP contribution in [0, 0.1) is 0 Å². The summed E-state index contributed by atoms with van der Waals surface area (Å²) in [6, 6.07) is 7.28. The number of hydrogen-bond acceptors (Lipinski definition) is 4. The van der Waals surface area contributed by atoms with Crippen molar-refractivity contribution in [1.29, 1.82) is 0 Å². The van der Waals surface area contributed by atoms with Crippen LogP contribution in [0.1, 0.15) is 31.5 Å². The molecule has 2 nitrogen and oxygen atoms in total. The van der Waals surface area contributed by atoms with Crippen molar-refractivity contribution in [2.75, 3.05) is 0 Å². The van der Waals surface area contributed by atoms with Gasteiger partial charge in [-0.2, -0.15) is 0 Å². The number of thioether (sulfide) groups is 1. The monoisotopic (exact) mass is 279 g/mol. The van der Waals surface area contributed by atoms with Crippen LogP contribution >= 0.6 is 23.1 Å². The van der Waals surface area contributed by atoms with Crippen LogP contribution in [-0.4, -0.2) is 10.1 Å². The lowest BCUT2D eigenvalue weighted by Crippen LogP contribution is -2.10. The van der Waals surface area contributed by atoms with Crippen LogP contribution in [0.3, 0.4) is 0 Å². The number of phenolic OH excluding ortho intramolecular Hbond substituents is 1. The number of phenols is 1. The molecule has 0 saturated carbocycles. The smallest absolute Gasteiger partial charge is 0.115 e. The van der Waals surface area contributed by atoms with E-state index in [9.17, 15) is 5.11 Å². The number of nitrogens with zero attached hydrogens (tertiary/aromatic N) is 1. The molecule has 96 valence electrons. The zero-order valence-electron chi connectivity index (χ0n) is 10.8. The SMILES string of the molecule is CC(C)(C)c1nc(CSc2ccc(O)cc2)cs1. The summed E-state index contributed by atoms with van der Waals surface area (Å²) >= 11 is 3.47. The molecule has 4 heteroatoms. The lowest BCUT2D eigenvalue weighted by Gasteiger charge is -2.13. The molecule has 0 aliphatic carbocycles. The Hall–Kier alpha value is -1.00. The highest BCUT2D eigenvalue weighted by atomic mass is 32.2. The second-order valence-electron chi connectivity index (χ2n) is 5.18. The van der Waals surface area contributed by atoms with Crippen molar-refractivity contribution in [2.24, 2.45) is 0 Å². The maximum atomic E-state index is 9.21.